The van der Waals surface area contributed by atoms with Gasteiger partial charge in [-0.25, -0.2) is 13.8 Å². The molecule has 4 rings (SSSR count). The third-order valence-corrected chi connectivity index (χ3v) is 6.05. The molecule has 0 saturated carbocycles. The number of benzene rings is 2. The van der Waals surface area contributed by atoms with E-state index in [1.54, 1.807) is 12.1 Å². The first-order valence-corrected chi connectivity index (χ1v) is 10.7. The molecular weight excluding hydrogens is 462 g/mol. The van der Waals surface area contributed by atoms with Crippen LogP contribution in [0.15, 0.2) is 52.4 Å². The molecule has 32 heavy (non-hydrogen) atoms. The lowest BCUT2D eigenvalue weighted by molar-refractivity contribution is -0.123. The minimum atomic E-state index is -1.19. The first-order chi connectivity index (χ1) is 15.3. The number of aromatic nitrogens is 2. The molecule has 1 aromatic heterocycles. The Morgan fingerprint density at radius 3 is 2.75 bits per heavy atom. The van der Waals surface area contributed by atoms with E-state index < -0.39 is 34.9 Å². The van der Waals surface area contributed by atoms with E-state index in [0.717, 1.165) is 17.7 Å². The third kappa shape index (κ3) is 4.66. The van der Waals surface area contributed by atoms with Crippen molar-refractivity contribution < 1.29 is 18.4 Å². The summed E-state index contributed by atoms with van der Waals surface area (Å²) in [6.07, 6.45) is -0.321. The number of halogens is 3. The fourth-order valence-electron chi connectivity index (χ4n) is 3.22. The average Bonchev–Trinajstić information content (AvgIpc) is 2.74. The second-order valence-electron chi connectivity index (χ2n) is 6.93. The number of aromatic amines is 1. The Balaban J connectivity index is 1.59. The van der Waals surface area contributed by atoms with E-state index in [-0.39, 0.29) is 28.6 Å². The van der Waals surface area contributed by atoms with Crippen molar-refractivity contribution in [2.75, 3.05) is 10.6 Å². The topological polar surface area (TPSA) is 104 Å². The number of carbonyl (C=O) groups is 2. The van der Waals surface area contributed by atoms with Crippen LogP contribution in [0.25, 0.3) is 0 Å². The van der Waals surface area contributed by atoms with Gasteiger partial charge in [0, 0.05) is 23.3 Å². The zero-order chi connectivity index (χ0) is 22.8. The minimum absolute atomic E-state index is 0.0355. The Kier molecular flexibility index (Phi) is 6.24. The predicted octanol–water partition coefficient (Wildman–Crippen LogP) is 4.06. The molecule has 1 unspecified atom stereocenters. The predicted molar refractivity (Wildman–Crippen MR) is 117 cm³/mol. The van der Waals surface area contributed by atoms with Gasteiger partial charge in [-0.05, 0) is 23.8 Å². The van der Waals surface area contributed by atoms with E-state index >= 15 is 0 Å². The minimum Gasteiger partial charge on any atom is -0.323 e. The highest BCUT2D eigenvalue weighted by molar-refractivity contribution is 7.98. The molecule has 7 nitrogen and oxygen atoms in total. The summed E-state index contributed by atoms with van der Waals surface area (Å²) in [4.78, 5) is 44.5. The Hall–Kier alpha value is -3.24. The first kappa shape index (κ1) is 22.0. The van der Waals surface area contributed by atoms with Crippen LogP contribution in [0.5, 0.6) is 0 Å². The van der Waals surface area contributed by atoms with E-state index in [0.29, 0.717) is 16.8 Å². The zero-order valence-electron chi connectivity index (χ0n) is 16.2. The molecule has 11 heteroatoms. The third-order valence-electron chi connectivity index (χ3n) is 4.76. The van der Waals surface area contributed by atoms with Gasteiger partial charge < -0.3 is 15.6 Å². The number of anilines is 2. The molecule has 0 bridgehead atoms. The number of hydrogen-bond acceptors (Lipinski definition) is 5. The Morgan fingerprint density at radius 1 is 1.22 bits per heavy atom. The fraction of sp³-hybridized carbons (Fsp3) is 0.143. The largest absolute Gasteiger partial charge is 0.323 e. The number of carbonyl (C=O) groups excluding carboxylic acids is 2. The monoisotopic (exact) mass is 476 g/mol. The van der Waals surface area contributed by atoms with Gasteiger partial charge in [0.15, 0.2) is 5.16 Å². The van der Waals surface area contributed by atoms with Crippen molar-refractivity contribution in [1.82, 2.24) is 9.97 Å². The van der Waals surface area contributed by atoms with Crippen LogP contribution in [0.1, 0.15) is 23.5 Å². The molecule has 3 aromatic rings. The summed E-state index contributed by atoms with van der Waals surface area (Å²) in [6, 6.07) is 9.87. The normalized spacial score (nSPS) is 15.1. The molecule has 1 aliphatic rings. The maximum Gasteiger partial charge on any atom is 0.257 e. The van der Waals surface area contributed by atoms with E-state index in [1.807, 2.05) is 12.1 Å². The Morgan fingerprint density at radius 2 is 2.00 bits per heavy atom. The highest BCUT2D eigenvalue weighted by atomic mass is 35.5. The van der Waals surface area contributed by atoms with Crippen LogP contribution in [0, 0.1) is 11.6 Å². The molecule has 164 valence electrons. The summed E-state index contributed by atoms with van der Waals surface area (Å²) in [7, 11) is 0. The summed E-state index contributed by atoms with van der Waals surface area (Å²) in [5.74, 6) is -3.88. The summed E-state index contributed by atoms with van der Waals surface area (Å²) in [6.45, 7) is 0. The standard InChI is InChI=1S/C21H15ClF2N4O3S/c22-13-4-2-1-3-10(13)9-32-21-27-18-17(20(31)28-21)12(8-16(29)26-18)19(30)25-15-6-5-11(23)7-14(15)24/h1-7,12H,8-9H2,(H,25,30)(H2,26,27,28,29,31). The molecule has 2 aromatic carbocycles. The quantitative estimate of drug-likeness (QED) is 0.380. The van der Waals surface area contributed by atoms with Gasteiger partial charge in [-0.15, -0.1) is 0 Å². The lowest BCUT2D eigenvalue weighted by Gasteiger charge is -2.23. The van der Waals surface area contributed by atoms with Crippen LogP contribution in [0.2, 0.25) is 5.02 Å². The van der Waals surface area contributed by atoms with Crippen molar-refractivity contribution in [1.29, 1.82) is 0 Å². The fourth-order valence-corrected chi connectivity index (χ4v) is 4.36. The molecule has 0 fully saturated rings. The van der Waals surface area contributed by atoms with Crippen LogP contribution in [-0.2, 0) is 15.3 Å². The number of amides is 2. The van der Waals surface area contributed by atoms with Gasteiger partial charge in [-0.2, -0.15) is 0 Å². The van der Waals surface area contributed by atoms with Crippen molar-refractivity contribution in [3.05, 3.63) is 80.6 Å². The zero-order valence-corrected chi connectivity index (χ0v) is 17.8. The van der Waals surface area contributed by atoms with Gasteiger partial charge in [0.2, 0.25) is 11.8 Å². The van der Waals surface area contributed by atoms with Crippen molar-refractivity contribution in [3.8, 4) is 0 Å². The van der Waals surface area contributed by atoms with Crippen LogP contribution in [0.4, 0.5) is 20.3 Å². The van der Waals surface area contributed by atoms with Crippen molar-refractivity contribution >= 4 is 46.7 Å². The smallest absolute Gasteiger partial charge is 0.257 e. The number of rotatable bonds is 5. The van der Waals surface area contributed by atoms with Crippen LogP contribution in [-0.4, -0.2) is 21.8 Å². The van der Waals surface area contributed by atoms with Gasteiger partial charge in [0.05, 0.1) is 17.2 Å². The lowest BCUT2D eigenvalue weighted by atomic mass is 9.92. The maximum atomic E-state index is 13.9. The van der Waals surface area contributed by atoms with Crippen LogP contribution >= 0.6 is 23.4 Å². The number of fused-ring (bicyclic) bond motifs is 1. The van der Waals surface area contributed by atoms with E-state index in [4.69, 9.17) is 11.6 Å². The maximum absolute atomic E-state index is 13.9. The van der Waals surface area contributed by atoms with Gasteiger partial charge in [-0.3, -0.25) is 14.4 Å². The van der Waals surface area contributed by atoms with Gasteiger partial charge in [0.25, 0.3) is 5.56 Å². The van der Waals surface area contributed by atoms with Crippen LogP contribution < -0.4 is 16.2 Å². The molecule has 0 spiro atoms. The number of H-pyrrole nitrogens is 1. The molecule has 3 N–H and O–H groups in total. The van der Waals surface area contributed by atoms with Crippen molar-refractivity contribution in [2.45, 2.75) is 23.2 Å². The summed E-state index contributed by atoms with van der Waals surface area (Å²) >= 11 is 7.35. The molecule has 2 heterocycles. The SMILES string of the molecule is O=C1CC(C(=O)Nc2ccc(F)cc2F)c2c(nc(SCc3ccccc3Cl)[nH]c2=O)N1. The molecule has 0 radical (unpaired) electrons. The highest BCUT2D eigenvalue weighted by Gasteiger charge is 2.35. The number of thioether (sulfide) groups is 1. The second-order valence-corrected chi connectivity index (χ2v) is 8.30. The summed E-state index contributed by atoms with van der Waals surface area (Å²) in [5, 5.41) is 5.61. The molecule has 1 atom stereocenters. The van der Waals surface area contributed by atoms with E-state index in [1.165, 1.54) is 11.8 Å². The number of hydrogen-bond donors (Lipinski definition) is 3. The molecular formula is C21H15ClF2N4O3S. The number of nitrogens with one attached hydrogen (secondary N) is 3. The molecule has 2 amide bonds. The van der Waals surface area contributed by atoms with Crippen molar-refractivity contribution in [2.24, 2.45) is 0 Å². The van der Waals surface area contributed by atoms with E-state index in [2.05, 4.69) is 20.6 Å². The van der Waals surface area contributed by atoms with Gasteiger partial charge in [-0.1, -0.05) is 41.6 Å². The summed E-state index contributed by atoms with van der Waals surface area (Å²) in [5.41, 5.74) is -0.0644. The van der Waals surface area contributed by atoms with Crippen molar-refractivity contribution in [3.63, 3.8) is 0 Å². The highest BCUT2D eigenvalue weighted by Crippen LogP contribution is 2.32. The second kappa shape index (κ2) is 9.09. The molecule has 0 aliphatic carbocycles. The lowest BCUT2D eigenvalue weighted by Crippen LogP contribution is -2.36. The number of nitrogens with zero attached hydrogens (tertiary/aromatic N) is 1. The average molecular weight is 477 g/mol. The van der Waals surface area contributed by atoms with Gasteiger partial charge in [0.1, 0.15) is 17.5 Å². The Bertz CT molecular complexity index is 1280. The van der Waals surface area contributed by atoms with Crippen LogP contribution in [0.3, 0.4) is 0 Å². The molecule has 1 aliphatic heterocycles. The Labute approximate surface area is 189 Å². The first-order valence-electron chi connectivity index (χ1n) is 9.38. The summed E-state index contributed by atoms with van der Waals surface area (Å²) < 4.78 is 27.0. The molecule has 0 saturated heterocycles. The van der Waals surface area contributed by atoms with Gasteiger partial charge >= 0.3 is 0 Å². The van der Waals surface area contributed by atoms with E-state index in [9.17, 15) is 23.2 Å².